The van der Waals surface area contributed by atoms with Crippen molar-refractivity contribution in [3.05, 3.63) is 41.6 Å². The minimum absolute atomic E-state index is 0.00330. The summed E-state index contributed by atoms with van der Waals surface area (Å²) >= 11 is 0. The number of hydrogen-bond donors (Lipinski definition) is 5. The van der Waals surface area contributed by atoms with Crippen LogP contribution in [0.25, 0.3) is 5.57 Å². The molecule has 4 heterocycles. The van der Waals surface area contributed by atoms with Gasteiger partial charge in [0.15, 0.2) is 0 Å². The second-order valence-corrected chi connectivity index (χ2v) is 11.7. The van der Waals surface area contributed by atoms with Gasteiger partial charge in [-0.05, 0) is 59.6 Å². The largest absolute Gasteiger partial charge is 0.382 e. The van der Waals surface area contributed by atoms with E-state index in [1.165, 1.54) is 6.33 Å². The number of pyridine rings is 1. The van der Waals surface area contributed by atoms with Crippen molar-refractivity contribution < 1.29 is 13.6 Å². The highest BCUT2D eigenvalue weighted by Gasteiger charge is 2.43. The smallest absolute Gasteiger partial charge is 0.312 e. The maximum atomic E-state index is 12.8. The van der Waals surface area contributed by atoms with Gasteiger partial charge < -0.3 is 31.6 Å². The summed E-state index contributed by atoms with van der Waals surface area (Å²) in [7, 11) is 0. The van der Waals surface area contributed by atoms with Crippen molar-refractivity contribution in [3.63, 3.8) is 0 Å². The molecule has 1 amide bonds. The molecule has 10 nitrogen and oxygen atoms in total. The van der Waals surface area contributed by atoms with Gasteiger partial charge in [-0.15, -0.1) is 0 Å². The first kappa shape index (κ1) is 29.3. The standard InChI is InChI=1S/C28H39F2N9O/c1-27(2,3)36-11-10-32-20-7-6-19(18(14-31)15-33-26(29)30)37-22(20)17-8-12-39(13-9-17)24-21-23(34-16-35-24)38-25(40)28(21,4)5/h6-7,14-17,26,31-33,36H,8-13H2,1-5H3,(H,34,35,38,40)/b18-15+,31-14?. The van der Waals surface area contributed by atoms with Gasteiger partial charge in [-0.25, -0.2) is 9.97 Å². The van der Waals surface area contributed by atoms with Crippen molar-refractivity contribution in [1.29, 1.82) is 5.41 Å². The van der Waals surface area contributed by atoms with Crippen LogP contribution in [0.4, 0.5) is 26.1 Å². The Morgan fingerprint density at radius 2 is 1.95 bits per heavy atom. The quantitative estimate of drug-likeness (QED) is 0.168. The lowest BCUT2D eigenvalue weighted by atomic mass is 9.86. The highest BCUT2D eigenvalue weighted by atomic mass is 19.3. The number of halogens is 2. The minimum Gasteiger partial charge on any atom is -0.382 e. The van der Waals surface area contributed by atoms with Crippen LogP contribution in [0.1, 0.15) is 70.3 Å². The Morgan fingerprint density at radius 1 is 1.23 bits per heavy atom. The maximum Gasteiger partial charge on any atom is 0.312 e. The molecule has 2 aliphatic rings. The van der Waals surface area contributed by atoms with E-state index in [1.807, 2.05) is 25.2 Å². The first-order chi connectivity index (χ1) is 18.9. The number of alkyl halides is 2. The number of fused-ring (bicyclic) bond motifs is 1. The van der Waals surface area contributed by atoms with Gasteiger partial charge in [-0.1, -0.05) is 0 Å². The Labute approximate surface area is 234 Å². The number of allylic oxidation sites excluding steroid dienone is 1. The van der Waals surface area contributed by atoms with Crippen LogP contribution < -0.4 is 26.2 Å². The number of rotatable bonds is 10. The van der Waals surface area contributed by atoms with Crippen molar-refractivity contribution in [2.75, 3.05) is 41.7 Å². The lowest BCUT2D eigenvalue weighted by Crippen LogP contribution is -2.39. The third-order valence-corrected chi connectivity index (χ3v) is 7.27. The summed E-state index contributed by atoms with van der Waals surface area (Å²) < 4.78 is 25.5. The molecule has 40 heavy (non-hydrogen) atoms. The van der Waals surface area contributed by atoms with Crippen LogP contribution in [0.15, 0.2) is 24.7 Å². The first-order valence-corrected chi connectivity index (χ1v) is 13.6. The topological polar surface area (TPSA) is 131 Å². The third kappa shape index (κ3) is 6.55. The van der Waals surface area contributed by atoms with Gasteiger partial charge in [-0.2, -0.15) is 8.78 Å². The summed E-state index contributed by atoms with van der Waals surface area (Å²) in [5.41, 5.74) is 2.56. The Morgan fingerprint density at radius 3 is 2.60 bits per heavy atom. The second-order valence-electron chi connectivity index (χ2n) is 11.7. The monoisotopic (exact) mass is 555 g/mol. The molecule has 2 aromatic heterocycles. The average Bonchev–Trinajstić information content (AvgIpc) is 3.14. The van der Waals surface area contributed by atoms with E-state index in [2.05, 4.69) is 51.6 Å². The maximum absolute atomic E-state index is 12.8. The predicted octanol–water partition coefficient (Wildman–Crippen LogP) is 4.09. The van der Waals surface area contributed by atoms with Gasteiger partial charge in [0, 0.05) is 55.6 Å². The molecule has 0 aliphatic carbocycles. The van der Waals surface area contributed by atoms with Gasteiger partial charge >= 0.3 is 6.55 Å². The Hall–Kier alpha value is -3.67. The zero-order valence-electron chi connectivity index (χ0n) is 23.7. The average molecular weight is 556 g/mol. The zero-order valence-corrected chi connectivity index (χ0v) is 23.7. The molecule has 12 heteroatoms. The Balaban J connectivity index is 1.56. The van der Waals surface area contributed by atoms with E-state index >= 15 is 0 Å². The molecule has 0 saturated carbocycles. The molecule has 0 spiro atoms. The molecule has 1 fully saturated rings. The fourth-order valence-electron chi connectivity index (χ4n) is 5.10. The van der Waals surface area contributed by atoms with Crippen molar-refractivity contribution in [3.8, 4) is 0 Å². The second kappa shape index (κ2) is 11.8. The molecule has 0 atom stereocenters. The molecule has 0 bridgehead atoms. The summed E-state index contributed by atoms with van der Waals surface area (Å²) in [5, 5.41) is 19.5. The normalized spacial score (nSPS) is 17.6. The van der Waals surface area contributed by atoms with Crippen LogP contribution in [0.5, 0.6) is 0 Å². The zero-order chi connectivity index (χ0) is 29.1. The van der Waals surface area contributed by atoms with Gasteiger partial charge in [0.2, 0.25) is 5.91 Å². The van der Waals surface area contributed by atoms with E-state index in [-0.39, 0.29) is 22.9 Å². The Kier molecular flexibility index (Phi) is 8.67. The number of anilines is 3. The molecule has 216 valence electrons. The van der Waals surface area contributed by atoms with Gasteiger partial charge in [-0.3, -0.25) is 9.78 Å². The number of amides is 1. The fraction of sp³-hybridized carbons (Fsp3) is 0.536. The van der Waals surface area contributed by atoms with Crippen LogP contribution in [-0.2, 0) is 10.2 Å². The predicted molar refractivity (Wildman–Crippen MR) is 154 cm³/mol. The highest BCUT2D eigenvalue weighted by molar-refractivity contribution is 6.07. The number of aromatic nitrogens is 3. The molecular weight excluding hydrogens is 516 g/mol. The SMILES string of the molecule is CC(C)(C)NCCNc1ccc(/C(C=N)=C/NC(F)F)nc1C1CCN(c2ncnc3c2C(C)(C)C(=O)N3)CC1. The number of carbonyl (C=O) groups is 1. The van der Waals surface area contributed by atoms with E-state index < -0.39 is 12.0 Å². The summed E-state index contributed by atoms with van der Waals surface area (Å²) in [4.78, 5) is 28.4. The summed E-state index contributed by atoms with van der Waals surface area (Å²) in [6.07, 6.45) is 5.20. The summed E-state index contributed by atoms with van der Waals surface area (Å²) in [6.45, 7) is 10.2. The van der Waals surface area contributed by atoms with Crippen molar-refractivity contribution in [2.24, 2.45) is 0 Å². The number of nitrogens with zero attached hydrogens (tertiary/aromatic N) is 4. The number of hydrogen-bond acceptors (Lipinski definition) is 9. The molecule has 2 aromatic rings. The molecule has 0 aromatic carbocycles. The van der Waals surface area contributed by atoms with Gasteiger partial charge in [0.1, 0.15) is 18.0 Å². The van der Waals surface area contributed by atoms with Crippen LogP contribution in [0, 0.1) is 5.41 Å². The fourth-order valence-corrected chi connectivity index (χ4v) is 5.10. The van der Waals surface area contributed by atoms with E-state index in [9.17, 15) is 13.6 Å². The molecule has 0 radical (unpaired) electrons. The van der Waals surface area contributed by atoms with E-state index in [1.54, 1.807) is 6.07 Å². The molecule has 1 saturated heterocycles. The lowest BCUT2D eigenvalue weighted by Gasteiger charge is -2.35. The van der Waals surface area contributed by atoms with Crippen molar-refractivity contribution in [1.82, 2.24) is 25.6 Å². The molecule has 5 N–H and O–H groups in total. The van der Waals surface area contributed by atoms with Gasteiger partial charge in [0.05, 0.1) is 28.1 Å². The first-order valence-electron chi connectivity index (χ1n) is 13.6. The highest BCUT2D eigenvalue weighted by Crippen LogP contribution is 2.42. The van der Waals surface area contributed by atoms with E-state index in [4.69, 9.17) is 10.4 Å². The lowest BCUT2D eigenvalue weighted by molar-refractivity contribution is -0.119. The summed E-state index contributed by atoms with van der Waals surface area (Å²) in [5.74, 6) is 1.35. The third-order valence-electron chi connectivity index (χ3n) is 7.27. The Bertz CT molecular complexity index is 1260. The van der Waals surface area contributed by atoms with E-state index in [0.29, 0.717) is 31.1 Å². The minimum atomic E-state index is -2.73. The molecule has 0 unspecified atom stereocenters. The number of carbonyl (C=O) groups excluding carboxylic acids is 1. The van der Waals surface area contributed by atoms with Crippen LogP contribution in [0.3, 0.4) is 0 Å². The number of nitrogens with one attached hydrogen (secondary N) is 5. The molecular formula is C28H39F2N9O. The van der Waals surface area contributed by atoms with Crippen molar-refractivity contribution in [2.45, 2.75) is 70.9 Å². The number of piperidine rings is 1. The molecule has 2 aliphatic heterocycles. The van der Waals surface area contributed by atoms with Gasteiger partial charge in [0.25, 0.3) is 0 Å². The van der Waals surface area contributed by atoms with Crippen LogP contribution >= 0.6 is 0 Å². The van der Waals surface area contributed by atoms with Crippen LogP contribution in [-0.4, -0.2) is 65.3 Å². The van der Waals surface area contributed by atoms with Crippen molar-refractivity contribution >= 4 is 35.0 Å². The van der Waals surface area contributed by atoms with Crippen LogP contribution in [0.2, 0.25) is 0 Å². The van der Waals surface area contributed by atoms with E-state index in [0.717, 1.165) is 54.6 Å². The summed E-state index contributed by atoms with van der Waals surface area (Å²) in [6, 6.07) is 3.66. The molecule has 4 rings (SSSR count).